The summed E-state index contributed by atoms with van der Waals surface area (Å²) in [5.74, 6) is -0.541. The van der Waals surface area contributed by atoms with E-state index in [2.05, 4.69) is 5.32 Å². The first-order chi connectivity index (χ1) is 7.80. The van der Waals surface area contributed by atoms with Crippen LogP contribution in [-0.2, 0) is 9.53 Å². The molecule has 1 fully saturated rings. The highest BCUT2D eigenvalue weighted by Crippen LogP contribution is 2.22. The Labute approximate surface area is 102 Å². The molecule has 0 aromatic rings. The lowest BCUT2D eigenvalue weighted by atomic mass is 9.86. The summed E-state index contributed by atoms with van der Waals surface area (Å²) < 4.78 is 5.23. The van der Waals surface area contributed by atoms with Crippen LogP contribution in [0.2, 0.25) is 0 Å². The summed E-state index contributed by atoms with van der Waals surface area (Å²) in [5.41, 5.74) is 4.85. The molecule has 5 heteroatoms. The third-order valence-electron chi connectivity index (χ3n) is 2.99. The van der Waals surface area contributed by atoms with Crippen LogP contribution in [0.1, 0.15) is 46.5 Å². The van der Waals surface area contributed by atoms with Gasteiger partial charge in [-0.05, 0) is 31.1 Å². The van der Waals surface area contributed by atoms with Crippen molar-refractivity contribution in [2.75, 3.05) is 0 Å². The number of hydrogen-bond donors (Lipinski definition) is 2. The van der Waals surface area contributed by atoms with Crippen LogP contribution >= 0.6 is 0 Å². The highest BCUT2D eigenvalue weighted by Gasteiger charge is 2.32. The molecule has 0 aromatic carbocycles. The molecular weight excluding hydrogens is 220 g/mol. The van der Waals surface area contributed by atoms with E-state index in [4.69, 9.17) is 10.5 Å². The Morgan fingerprint density at radius 2 is 1.82 bits per heavy atom. The number of nitrogens with one attached hydrogen (secondary N) is 1. The van der Waals surface area contributed by atoms with Crippen LogP contribution in [0.15, 0.2) is 0 Å². The van der Waals surface area contributed by atoms with E-state index in [1.807, 2.05) is 20.8 Å². The van der Waals surface area contributed by atoms with Crippen molar-refractivity contribution in [3.05, 3.63) is 0 Å². The maximum Gasteiger partial charge on any atom is 0.408 e. The molecule has 0 unspecified atom stereocenters. The standard InChI is InChI=1S/C12H22N2O3/c1-12(2,3)9(10(13)15)14-11(16)17-8-6-4-5-7-8/h8-9H,4-7H2,1-3H3,(H2,13,15)(H,14,16)/t9-/m1/s1. The van der Waals surface area contributed by atoms with E-state index in [0.29, 0.717) is 0 Å². The molecule has 0 heterocycles. The summed E-state index contributed by atoms with van der Waals surface area (Å²) in [6, 6.07) is -0.712. The van der Waals surface area contributed by atoms with Gasteiger partial charge in [-0.25, -0.2) is 4.79 Å². The van der Waals surface area contributed by atoms with E-state index in [1.165, 1.54) is 0 Å². The van der Waals surface area contributed by atoms with Gasteiger partial charge in [-0.3, -0.25) is 4.79 Å². The Morgan fingerprint density at radius 3 is 2.24 bits per heavy atom. The summed E-state index contributed by atoms with van der Waals surface area (Å²) in [7, 11) is 0. The van der Waals surface area contributed by atoms with E-state index in [-0.39, 0.29) is 6.10 Å². The maximum absolute atomic E-state index is 11.6. The van der Waals surface area contributed by atoms with Gasteiger partial charge in [0.2, 0.25) is 5.91 Å². The van der Waals surface area contributed by atoms with Gasteiger partial charge in [0.15, 0.2) is 0 Å². The van der Waals surface area contributed by atoms with Crippen LogP contribution < -0.4 is 11.1 Å². The van der Waals surface area contributed by atoms with Crippen molar-refractivity contribution in [2.45, 2.75) is 58.6 Å². The Balaban J connectivity index is 2.49. The number of hydrogen-bond acceptors (Lipinski definition) is 3. The number of amides is 2. The molecule has 1 atom stereocenters. The molecule has 0 spiro atoms. The average molecular weight is 242 g/mol. The zero-order chi connectivity index (χ0) is 13.1. The fourth-order valence-corrected chi connectivity index (χ4v) is 2.02. The number of alkyl carbamates (subject to hydrolysis) is 1. The van der Waals surface area contributed by atoms with Crippen molar-refractivity contribution >= 4 is 12.0 Å². The molecule has 98 valence electrons. The van der Waals surface area contributed by atoms with Crippen LogP contribution in [0, 0.1) is 5.41 Å². The van der Waals surface area contributed by atoms with Gasteiger partial charge in [0.25, 0.3) is 0 Å². The first-order valence-corrected chi connectivity index (χ1v) is 6.07. The van der Waals surface area contributed by atoms with Crippen LogP contribution in [0.25, 0.3) is 0 Å². The first-order valence-electron chi connectivity index (χ1n) is 6.07. The van der Waals surface area contributed by atoms with Crippen molar-refractivity contribution < 1.29 is 14.3 Å². The lowest BCUT2D eigenvalue weighted by Crippen LogP contribution is -2.52. The van der Waals surface area contributed by atoms with E-state index in [9.17, 15) is 9.59 Å². The topological polar surface area (TPSA) is 81.4 Å². The highest BCUT2D eigenvalue weighted by atomic mass is 16.6. The lowest BCUT2D eigenvalue weighted by Gasteiger charge is -2.28. The second-order valence-electron chi connectivity index (χ2n) is 5.66. The third kappa shape index (κ3) is 4.24. The minimum absolute atomic E-state index is 0.0107. The SMILES string of the molecule is CC(C)(C)[C@H](NC(=O)OC1CCCC1)C(N)=O. The minimum atomic E-state index is -0.712. The van der Waals surface area contributed by atoms with Crippen LogP contribution in [0.5, 0.6) is 0 Å². The fraction of sp³-hybridized carbons (Fsp3) is 0.833. The van der Waals surface area contributed by atoms with Crippen LogP contribution in [0.3, 0.4) is 0 Å². The molecule has 5 nitrogen and oxygen atoms in total. The number of carbonyl (C=O) groups excluding carboxylic acids is 2. The van der Waals surface area contributed by atoms with Gasteiger partial charge < -0.3 is 15.8 Å². The smallest absolute Gasteiger partial charge is 0.408 e. The number of rotatable bonds is 3. The lowest BCUT2D eigenvalue weighted by molar-refractivity contribution is -0.122. The number of carbonyl (C=O) groups is 2. The number of nitrogens with two attached hydrogens (primary N) is 1. The van der Waals surface area contributed by atoms with Crippen molar-refractivity contribution in [3.63, 3.8) is 0 Å². The number of ether oxygens (including phenoxy) is 1. The molecule has 2 amide bonds. The Kier molecular flexibility index (Phi) is 4.37. The minimum Gasteiger partial charge on any atom is -0.446 e. The van der Waals surface area contributed by atoms with Crippen molar-refractivity contribution in [1.82, 2.24) is 5.32 Å². The molecular formula is C12H22N2O3. The van der Waals surface area contributed by atoms with Gasteiger partial charge >= 0.3 is 6.09 Å². The monoisotopic (exact) mass is 242 g/mol. The van der Waals surface area contributed by atoms with Gasteiger partial charge in [0, 0.05) is 0 Å². The maximum atomic E-state index is 11.6. The van der Waals surface area contributed by atoms with E-state index in [1.54, 1.807) is 0 Å². The molecule has 0 radical (unpaired) electrons. The molecule has 17 heavy (non-hydrogen) atoms. The van der Waals surface area contributed by atoms with Crippen molar-refractivity contribution in [1.29, 1.82) is 0 Å². The predicted molar refractivity (Wildman–Crippen MR) is 64.3 cm³/mol. The molecule has 1 rings (SSSR count). The van der Waals surface area contributed by atoms with E-state index >= 15 is 0 Å². The van der Waals surface area contributed by atoms with Crippen molar-refractivity contribution in [2.24, 2.45) is 11.1 Å². The molecule has 1 saturated carbocycles. The van der Waals surface area contributed by atoms with Gasteiger partial charge in [-0.2, -0.15) is 0 Å². The zero-order valence-electron chi connectivity index (χ0n) is 10.8. The predicted octanol–water partition coefficient (Wildman–Crippen LogP) is 1.56. The van der Waals surface area contributed by atoms with Crippen molar-refractivity contribution in [3.8, 4) is 0 Å². The molecule has 1 aliphatic carbocycles. The highest BCUT2D eigenvalue weighted by molar-refractivity contribution is 5.85. The van der Waals surface area contributed by atoms with Gasteiger partial charge in [-0.15, -0.1) is 0 Å². The molecule has 3 N–H and O–H groups in total. The van der Waals surface area contributed by atoms with Crippen LogP contribution in [-0.4, -0.2) is 24.1 Å². The summed E-state index contributed by atoms with van der Waals surface area (Å²) in [4.78, 5) is 22.9. The third-order valence-corrected chi connectivity index (χ3v) is 2.99. The average Bonchev–Trinajstić information content (AvgIpc) is 2.64. The van der Waals surface area contributed by atoms with Gasteiger partial charge in [0.1, 0.15) is 12.1 Å². The summed E-state index contributed by atoms with van der Waals surface area (Å²) in [6.07, 6.45) is 3.44. The normalized spacial score (nSPS) is 18.8. The van der Waals surface area contributed by atoms with E-state index in [0.717, 1.165) is 25.7 Å². The molecule has 0 bridgehead atoms. The zero-order valence-corrected chi connectivity index (χ0v) is 10.8. The summed E-state index contributed by atoms with van der Waals surface area (Å²) >= 11 is 0. The Bertz CT molecular complexity index is 291. The second kappa shape index (κ2) is 5.38. The Morgan fingerprint density at radius 1 is 1.29 bits per heavy atom. The second-order valence-corrected chi connectivity index (χ2v) is 5.66. The summed E-state index contributed by atoms with van der Waals surface area (Å²) in [5, 5.41) is 2.55. The van der Waals surface area contributed by atoms with Crippen LogP contribution in [0.4, 0.5) is 4.79 Å². The molecule has 0 aliphatic heterocycles. The Hall–Kier alpha value is -1.26. The number of primary amides is 1. The van der Waals surface area contributed by atoms with Gasteiger partial charge in [0.05, 0.1) is 0 Å². The fourth-order valence-electron chi connectivity index (χ4n) is 2.02. The molecule has 1 aliphatic rings. The molecule has 0 saturated heterocycles. The quantitative estimate of drug-likeness (QED) is 0.788. The van der Waals surface area contributed by atoms with Gasteiger partial charge in [-0.1, -0.05) is 20.8 Å². The largest absolute Gasteiger partial charge is 0.446 e. The van der Waals surface area contributed by atoms with E-state index < -0.39 is 23.5 Å². The summed E-state index contributed by atoms with van der Waals surface area (Å²) in [6.45, 7) is 5.54. The first kappa shape index (κ1) is 13.8. The molecule has 0 aromatic heterocycles.